The Morgan fingerprint density at radius 2 is 2.04 bits per heavy atom. The van der Waals surface area contributed by atoms with Crippen LogP contribution in [0.1, 0.15) is 31.4 Å². The number of carbonyl (C=O) groups is 1. The van der Waals surface area contributed by atoms with Gasteiger partial charge in [-0.2, -0.15) is 0 Å². The molecule has 6 heteroatoms. The minimum absolute atomic E-state index is 0.00774. The summed E-state index contributed by atoms with van der Waals surface area (Å²) in [5.74, 6) is 1.56. The molecular weight excluding hydrogens is 364 g/mol. The summed E-state index contributed by atoms with van der Waals surface area (Å²) in [6.45, 7) is 2.92. The standard InChI is InChI=1S/C21H25ClN2O3/c1-14(21(25)23-16-7-4-6-15(22)12-16)24-11-5-8-19(24)18-10-9-17(26-2)13-20(18)27-3/h4,6-7,9-10,12-14,19H,5,8,11H2,1-3H3,(H,23,25)/p+1/t14-,19-/m1/s1. The van der Waals surface area contributed by atoms with Gasteiger partial charge in [0.05, 0.1) is 26.3 Å². The van der Waals surface area contributed by atoms with Crippen molar-refractivity contribution < 1.29 is 19.2 Å². The molecule has 27 heavy (non-hydrogen) atoms. The van der Waals surface area contributed by atoms with Crippen molar-refractivity contribution >= 4 is 23.2 Å². The number of benzene rings is 2. The summed E-state index contributed by atoms with van der Waals surface area (Å²) in [5.41, 5.74) is 1.84. The van der Waals surface area contributed by atoms with Crippen molar-refractivity contribution in [3.05, 3.63) is 53.1 Å². The molecule has 1 fully saturated rings. The van der Waals surface area contributed by atoms with Crippen molar-refractivity contribution in [1.82, 2.24) is 0 Å². The highest BCUT2D eigenvalue weighted by Crippen LogP contribution is 2.32. The van der Waals surface area contributed by atoms with Crippen LogP contribution in [0.15, 0.2) is 42.5 Å². The fourth-order valence-electron chi connectivity index (χ4n) is 3.83. The van der Waals surface area contributed by atoms with E-state index in [4.69, 9.17) is 21.1 Å². The molecular formula is C21H26ClN2O3+. The van der Waals surface area contributed by atoms with Crippen molar-refractivity contribution in [1.29, 1.82) is 0 Å². The van der Waals surface area contributed by atoms with Crippen LogP contribution in [0.2, 0.25) is 5.02 Å². The molecule has 5 nitrogen and oxygen atoms in total. The Balaban J connectivity index is 1.78. The number of nitrogens with one attached hydrogen (secondary N) is 2. The number of amides is 1. The minimum Gasteiger partial charge on any atom is -0.497 e. The monoisotopic (exact) mass is 389 g/mol. The highest BCUT2D eigenvalue weighted by molar-refractivity contribution is 6.30. The van der Waals surface area contributed by atoms with Crippen LogP contribution in [0.5, 0.6) is 11.5 Å². The molecule has 0 radical (unpaired) electrons. The van der Waals surface area contributed by atoms with Crippen LogP contribution < -0.4 is 19.7 Å². The zero-order valence-corrected chi connectivity index (χ0v) is 16.7. The third-order valence-corrected chi connectivity index (χ3v) is 5.50. The average Bonchev–Trinajstić information content (AvgIpc) is 3.16. The first-order valence-corrected chi connectivity index (χ1v) is 9.55. The van der Waals surface area contributed by atoms with Crippen LogP contribution >= 0.6 is 11.6 Å². The Kier molecular flexibility index (Phi) is 6.24. The largest absolute Gasteiger partial charge is 0.497 e. The van der Waals surface area contributed by atoms with E-state index in [1.807, 2.05) is 31.2 Å². The van der Waals surface area contributed by atoms with Crippen molar-refractivity contribution in [2.45, 2.75) is 31.8 Å². The van der Waals surface area contributed by atoms with Gasteiger partial charge in [-0.1, -0.05) is 17.7 Å². The number of anilines is 1. The van der Waals surface area contributed by atoms with Crippen LogP contribution in [-0.4, -0.2) is 32.7 Å². The third kappa shape index (κ3) is 4.37. The first-order chi connectivity index (χ1) is 13.0. The van der Waals surface area contributed by atoms with Gasteiger partial charge in [-0.25, -0.2) is 0 Å². The van der Waals surface area contributed by atoms with Crippen molar-refractivity contribution in [3.8, 4) is 11.5 Å². The smallest absolute Gasteiger partial charge is 0.282 e. The van der Waals surface area contributed by atoms with Crippen molar-refractivity contribution in [2.75, 3.05) is 26.1 Å². The fraction of sp³-hybridized carbons (Fsp3) is 0.381. The summed E-state index contributed by atoms with van der Waals surface area (Å²) < 4.78 is 10.9. The van der Waals surface area contributed by atoms with E-state index in [-0.39, 0.29) is 18.0 Å². The van der Waals surface area contributed by atoms with E-state index in [9.17, 15) is 4.79 Å². The zero-order chi connectivity index (χ0) is 19.4. The van der Waals surface area contributed by atoms with E-state index < -0.39 is 0 Å². The molecule has 1 unspecified atom stereocenters. The van der Waals surface area contributed by atoms with Gasteiger partial charge in [0.1, 0.15) is 17.5 Å². The molecule has 2 aromatic carbocycles. The van der Waals surface area contributed by atoms with E-state index in [0.717, 1.165) is 42.1 Å². The van der Waals surface area contributed by atoms with Crippen LogP contribution in [0, 0.1) is 0 Å². The zero-order valence-electron chi connectivity index (χ0n) is 15.9. The third-order valence-electron chi connectivity index (χ3n) is 5.26. The second kappa shape index (κ2) is 8.63. The molecule has 0 spiro atoms. The molecule has 3 rings (SSSR count). The lowest BCUT2D eigenvalue weighted by Gasteiger charge is -2.28. The number of hydrogen-bond donors (Lipinski definition) is 2. The Morgan fingerprint density at radius 1 is 1.22 bits per heavy atom. The summed E-state index contributed by atoms with van der Waals surface area (Å²) >= 11 is 6.02. The number of quaternary nitrogens is 1. The van der Waals surface area contributed by atoms with E-state index in [2.05, 4.69) is 11.4 Å². The Bertz CT molecular complexity index is 812. The number of ether oxygens (including phenoxy) is 2. The van der Waals surface area contributed by atoms with Crippen LogP contribution in [0.4, 0.5) is 5.69 Å². The molecule has 1 heterocycles. The first kappa shape index (κ1) is 19.5. The van der Waals surface area contributed by atoms with E-state index >= 15 is 0 Å². The lowest BCUT2D eigenvalue weighted by molar-refractivity contribution is -0.932. The SMILES string of the molecule is COc1ccc([C@H]2CCC[NH+]2[C@H](C)C(=O)Nc2cccc(Cl)c2)c(OC)c1. The van der Waals surface area contributed by atoms with Gasteiger partial charge in [0, 0.05) is 29.6 Å². The Hall–Kier alpha value is -2.24. The van der Waals surface area contributed by atoms with Gasteiger partial charge in [0.25, 0.3) is 5.91 Å². The second-order valence-corrected chi connectivity index (χ2v) is 7.29. The van der Waals surface area contributed by atoms with Gasteiger partial charge >= 0.3 is 0 Å². The average molecular weight is 390 g/mol. The van der Waals surface area contributed by atoms with Gasteiger partial charge in [-0.05, 0) is 37.3 Å². The van der Waals surface area contributed by atoms with Crippen LogP contribution in [-0.2, 0) is 4.79 Å². The second-order valence-electron chi connectivity index (χ2n) is 6.85. The summed E-state index contributed by atoms with van der Waals surface area (Å²) in [6, 6.07) is 13.2. The fourth-order valence-corrected chi connectivity index (χ4v) is 4.03. The molecule has 0 aliphatic carbocycles. The lowest BCUT2D eigenvalue weighted by atomic mass is 10.0. The molecule has 2 N–H and O–H groups in total. The maximum atomic E-state index is 12.8. The van der Waals surface area contributed by atoms with Crippen LogP contribution in [0.25, 0.3) is 0 Å². The topological polar surface area (TPSA) is 52.0 Å². The van der Waals surface area contributed by atoms with E-state index in [1.165, 1.54) is 4.90 Å². The molecule has 0 bridgehead atoms. The molecule has 0 aromatic heterocycles. The Morgan fingerprint density at radius 3 is 2.74 bits per heavy atom. The predicted molar refractivity (Wildman–Crippen MR) is 107 cm³/mol. The Labute approximate surface area is 165 Å². The maximum absolute atomic E-state index is 12.8. The molecule has 2 aromatic rings. The summed E-state index contributed by atoms with van der Waals surface area (Å²) in [5, 5.41) is 3.59. The number of hydrogen-bond acceptors (Lipinski definition) is 3. The minimum atomic E-state index is -0.191. The van der Waals surface area contributed by atoms with Crippen LogP contribution in [0.3, 0.4) is 0 Å². The van der Waals surface area contributed by atoms with Crippen molar-refractivity contribution in [3.63, 3.8) is 0 Å². The molecule has 1 amide bonds. The van der Waals surface area contributed by atoms with E-state index in [1.54, 1.807) is 26.4 Å². The number of methoxy groups -OCH3 is 2. The normalized spacial score (nSPS) is 20.1. The van der Waals surface area contributed by atoms with E-state index in [0.29, 0.717) is 5.02 Å². The first-order valence-electron chi connectivity index (χ1n) is 9.17. The number of carbonyl (C=O) groups excluding carboxylic acids is 1. The van der Waals surface area contributed by atoms with Gasteiger partial charge in [0.15, 0.2) is 6.04 Å². The van der Waals surface area contributed by atoms with Crippen molar-refractivity contribution in [2.24, 2.45) is 0 Å². The van der Waals surface area contributed by atoms with Gasteiger partial charge < -0.3 is 19.7 Å². The number of halogens is 1. The van der Waals surface area contributed by atoms with Gasteiger partial charge in [-0.3, -0.25) is 4.79 Å². The lowest BCUT2D eigenvalue weighted by Crippen LogP contribution is -3.15. The highest BCUT2D eigenvalue weighted by Gasteiger charge is 2.38. The molecule has 3 atom stereocenters. The maximum Gasteiger partial charge on any atom is 0.282 e. The quantitative estimate of drug-likeness (QED) is 0.798. The van der Waals surface area contributed by atoms with Gasteiger partial charge in [-0.15, -0.1) is 0 Å². The predicted octanol–water partition coefficient (Wildman–Crippen LogP) is 3.10. The summed E-state index contributed by atoms with van der Waals surface area (Å²) in [4.78, 5) is 14.1. The molecule has 0 saturated carbocycles. The molecule has 144 valence electrons. The van der Waals surface area contributed by atoms with Gasteiger partial charge in [0.2, 0.25) is 0 Å². The summed E-state index contributed by atoms with van der Waals surface area (Å²) in [7, 11) is 3.31. The number of rotatable bonds is 6. The summed E-state index contributed by atoms with van der Waals surface area (Å²) in [6.07, 6.45) is 2.09. The molecule has 1 aliphatic rings. The molecule has 1 saturated heterocycles. The number of likely N-dealkylation sites (tertiary alicyclic amines) is 1. The highest BCUT2D eigenvalue weighted by atomic mass is 35.5. The molecule has 1 aliphatic heterocycles.